The van der Waals surface area contributed by atoms with Crippen molar-refractivity contribution in [2.45, 2.75) is 26.7 Å². The van der Waals surface area contributed by atoms with Crippen molar-refractivity contribution in [3.8, 4) is 0 Å². The van der Waals surface area contributed by atoms with Crippen LogP contribution in [0.3, 0.4) is 0 Å². The van der Waals surface area contributed by atoms with Crippen molar-refractivity contribution in [3.63, 3.8) is 0 Å². The maximum atomic E-state index is 11.7. The van der Waals surface area contributed by atoms with Crippen molar-refractivity contribution in [3.05, 3.63) is 47.0 Å². The van der Waals surface area contributed by atoms with Crippen LogP contribution in [0.5, 0.6) is 0 Å². The smallest absolute Gasteiger partial charge is 0.253 e. The number of hydrogen-bond acceptors (Lipinski definition) is 1. The van der Waals surface area contributed by atoms with Gasteiger partial charge >= 0.3 is 0 Å². The second-order valence-electron chi connectivity index (χ2n) is 4.72. The molecule has 0 saturated heterocycles. The highest BCUT2D eigenvalue weighted by Crippen LogP contribution is 2.09. The number of nitrogens with zero attached hydrogens (tertiary/aromatic N) is 1. The average molecular weight is 231 g/mol. The molecular weight excluding hydrogens is 210 g/mol. The van der Waals surface area contributed by atoms with Crippen molar-refractivity contribution in [1.29, 1.82) is 0 Å². The van der Waals surface area contributed by atoms with Gasteiger partial charge < -0.3 is 4.90 Å². The number of allylic oxidation sites excluding steroid dienone is 2. The topological polar surface area (TPSA) is 20.3 Å². The van der Waals surface area contributed by atoms with Gasteiger partial charge in [-0.3, -0.25) is 4.79 Å². The van der Waals surface area contributed by atoms with E-state index in [4.69, 9.17) is 0 Å². The fourth-order valence-electron chi connectivity index (χ4n) is 1.60. The summed E-state index contributed by atoms with van der Waals surface area (Å²) in [7, 11) is 3.54. The molecule has 1 rings (SSSR count). The second-order valence-corrected chi connectivity index (χ2v) is 4.72. The highest BCUT2D eigenvalue weighted by molar-refractivity contribution is 5.93. The summed E-state index contributed by atoms with van der Waals surface area (Å²) < 4.78 is 0. The van der Waals surface area contributed by atoms with Gasteiger partial charge in [0, 0.05) is 19.7 Å². The van der Waals surface area contributed by atoms with Crippen LogP contribution in [0.2, 0.25) is 0 Å². The van der Waals surface area contributed by atoms with Crippen molar-refractivity contribution in [2.24, 2.45) is 0 Å². The van der Waals surface area contributed by atoms with E-state index in [-0.39, 0.29) is 5.91 Å². The Balaban J connectivity index is 2.62. The van der Waals surface area contributed by atoms with Gasteiger partial charge in [-0.25, -0.2) is 0 Å². The van der Waals surface area contributed by atoms with Gasteiger partial charge in [-0.15, -0.1) is 0 Å². The molecule has 0 saturated carbocycles. The quantitative estimate of drug-likeness (QED) is 0.728. The van der Waals surface area contributed by atoms with Gasteiger partial charge in [-0.05, 0) is 44.4 Å². The number of aryl methyl sites for hydroxylation is 1. The summed E-state index contributed by atoms with van der Waals surface area (Å²) >= 11 is 0. The molecule has 17 heavy (non-hydrogen) atoms. The molecule has 0 spiro atoms. The Morgan fingerprint density at radius 1 is 1.18 bits per heavy atom. The molecule has 0 aliphatic rings. The van der Waals surface area contributed by atoms with Crippen LogP contribution in [0.1, 0.15) is 36.2 Å². The number of amides is 1. The zero-order valence-corrected chi connectivity index (χ0v) is 11.2. The molecule has 0 N–H and O–H groups in total. The number of carbonyl (C=O) groups is 1. The minimum absolute atomic E-state index is 0.0563. The lowest BCUT2D eigenvalue weighted by Gasteiger charge is -2.10. The molecule has 1 aromatic rings. The Kier molecular flexibility index (Phi) is 4.95. The van der Waals surface area contributed by atoms with Crippen molar-refractivity contribution in [2.75, 3.05) is 14.1 Å². The lowest BCUT2D eigenvalue weighted by atomic mass is 10.1. The molecule has 0 aliphatic heterocycles. The largest absolute Gasteiger partial charge is 0.345 e. The molecule has 0 fully saturated rings. The molecule has 1 amide bonds. The van der Waals surface area contributed by atoms with Gasteiger partial charge in [0.05, 0.1) is 0 Å². The van der Waals surface area contributed by atoms with E-state index in [0.29, 0.717) is 0 Å². The maximum Gasteiger partial charge on any atom is 0.253 e. The van der Waals surface area contributed by atoms with Crippen LogP contribution in [0.4, 0.5) is 0 Å². The predicted molar refractivity (Wildman–Crippen MR) is 72.2 cm³/mol. The van der Waals surface area contributed by atoms with E-state index in [1.54, 1.807) is 19.0 Å². The van der Waals surface area contributed by atoms with Crippen LogP contribution in [-0.4, -0.2) is 24.9 Å². The first-order valence-corrected chi connectivity index (χ1v) is 5.94. The second kappa shape index (κ2) is 6.24. The highest BCUT2D eigenvalue weighted by Gasteiger charge is 2.06. The first-order chi connectivity index (χ1) is 8.00. The fourth-order valence-corrected chi connectivity index (χ4v) is 1.60. The predicted octanol–water partition coefficient (Wildman–Crippen LogP) is 3.29. The zero-order chi connectivity index (χ0) is 12.8. The lowest BCUT2D eigenvalue weighted by Crippen LogP contribution is -2.21. The Morgan fingerprint density at radius 2 is 1.76 bits per heavy atom. The molecule has 0 heterocycles. The van der Waals surface area contributed by atoms with Crippen LogP contribution in [-0.2, 0) is 6.42 Å². The van der Waals surface area contributed by atoms with Crippen molar-refractivity contribution < 1.29 is 4.79 Å². The van der Waals surface area contributed by atoms with Gasteiger partial charge in [0.15, 0.2) is 0 Å². The van der Waals surface area contributed by atoms with E-state index in [2.05, 4.69) is 19.9 Å². The molecule has 0 bridgehead atoms. The molecule has 0 aliphatic carbocycles. The molecular formula is C15H21NO. The molecule has 0 aromatic heterocycles. The SMILES string of the molecule is CC(C)=CCCc1ccc(C(=O)N(C)C)cc1. The summed E-state index contributed by atoms with van der Waals surface area (Å²) in [4.78, 5) is 13.3. The summed E-state index contributed by atoms with van der Waals surface area (Å²) in [6.45, 7) is 4.22. The van der Waals surface area contributed by atoms with Gasteiger partial charge in [-0.2, -0.15) is 0 Å². The van der Waals surface area contributed by atoms with Crippen molar-refractivity contribution >= 4 is 5.91 Å². The monoisotopic (exact) mass is 231 g/mol. The summed E-state index contributed by atoms with van der Waals surface area (Å²) in [5.74, 6) is 0.0563. The highest BCUT2D eigenvalue weighted by atomic mass is 16.2. The summed E-state index contributed by atoms with van der Waals surface area (Å²) in [5.41, 5.74) is 3.38. The molecule has 92 valence electrons. The van der Waals surface area contributed by atoms with E-state index >= 15 is 0 Å². The first kappa shape index (κ1) is 13.5. The number of carbonyl (C=O) groups excluding carboxylic acids is 1. The van der Waals surface area contributed by atoms with Gasteiger partial charge in [0.25, 0.3) is 5.91 Å². The van der Waals surface area contributed by atoms with Gasteiger partial charge in [0.2, 0.25) is 0 Å². The van der Waals surface area contributed by atoms with Crippen LogP contribution >= 0.6 is 0 Å². The molecule has 2 heteroatoms. The lowest BCUT2D eigenvalue weighted by molar-refractivity contribution is 0.0827. The normalized spacial score (nSPS) is 9.88. The summed E-state index contributed by atoms with van der Waals surface area (Å²) in [6.07, 6.45) is 4.32. The third-order valence-corrected chi connectivity index (χ3v) is 2.59. The fraction of sp³-hybridized carbons (Fsp3) is 0.400. The van der Waals surface area contributed by atoms with Gasteiger partial charge in [0.1, 0.15) is 0 Å². The Hall–Kier alpha value is -1.57. The summed E-state index contributed by atoms with van der Waals surface area (Å²) in [5, 5.41) is 0. The average Bonchev–Trinajstić information content (AvgIpc) is 2.28. The van der Waals surface area contributed by atoms with Crippen LogP contribution in [0.25, 0.3) is 0 Å². The van der Waals surface area contributed by atoms with Crippen LogP contribution in [0, 0.1) is 0 Å². The number of hydrogen-bond donors (Lipinski definition) is 0. The minimum atomic E-state index is 0.0563. The Morgan fingerprint density at radius 3 is 2.24 bits per heavy atom. The van der Waals surface area contributed by atoms with E-state index in [0.717, 1.165) is 18.4 Å². The molecule has 1 aromatic carbocycles. The molecule has 0 unspecified atom stereocenters. The molecule has 2 nitrogen and oxygen atoms in total. The minimum Gasteiger partial charge on any atom is -0.345 e. The van der Waals surface area contributed by atoms with E-state index < -0.39 is 0 Å². The zero-order valence-electron chi connectivity index (χ0n) is 11.2. The number of rotatable bonds is 4. The third-order valence-electron chi connectivity index (χ3n) is 2.59. The Bertz CT molecular complexity index is 397. The standard InChI is InChI=1S/C15H21NO/c1-12(2)6-5-7-13-8-10-14(11-9-13)15(17)16(3)4/h6,8-11H,5,7H2,1-4H3. The first-order valence-electron chi connectivity index (χ1n) is 5.94. The van der Waals surface area contributed by atoms with Crippen LogP contribution in [0.15, 0.2) is 35.9 Å². The van der Waals surface area contributed by atoms with Gasteiger partial charge in [-0.1, -0.05) is 23.8 Å². The Labute approximate surface area is 104 Å². The third kappa shape index (κ3) is 4.43. The van der Waals surface area contributed by atoms with E-state index in [9.17, 15) is 4.79 Å². The summed E-state index contributed by atoms with van der Waals surface area (Å²) in [6, 6.07) is 7.88. The number of benzene rings is 1. The molecule has 0 radical (unpaired) electrons. The van der Waals surface area contributed by atoms with Crippen molar-refractivity contribution in [1.82, 2.24) is 4.90 Å². The molecule has 0 atom stereocenters. The van der Waals surface area contributed by atoms with Crippen LogP contribution < -0.4 is 0 Å². The van der Waals surface area contributed by atoms with E-state index in [1.165, 1.54) is 11.1 Å². The maximum absolute atomic E-state index is 11.7. The van der Waals surface area contributed by atoms with E-state index in [1.807, 2.05) is 24.3 Å².